The zero-order chi connectivity index (χ0) is 29.1. The van der Waals surface area contributed by atoms with E-state index in [4.69, 9.17) is 29.8 Å². The zero-order valence-corrected chi connectivity index (χ0v) is 23.3. The molecule has 0 fully saturated rings. The molecule has 214 valence electrons. The average Bonchev–Trinajstić information content (AvgIpc) is 3.40. The number of amides is 1. The van der Waals surface area contributed by atoms with Gasteiger partial charge in [0, 0.05) is 36.5 Å². The molecule has 10 heteroatoms. The largest absolute Gasteiger partial charge is 0.497 e. The number of hydrogen-bond acceptors (Lipinski definition) is 7. The number of methoxy groups -OCH3 is 1. The molecule has 0 spiro atoms. The van der Waals surface area contributed by atoms with E-state index in [-0.39, 0.29) is 25.5 Å². The molecule has 1 amide bonds. The van der Waals surface area contributed by atoms with Crippen molar-refractivity contribution in [2.75, 3.05) is 26.9 Å². The van der Waals surface area contributed by atoms with Gasteiger partial charge < -0.3 is 24.6 Å². The molecule has 1 aliphatic heterocycles. The van der Waals surface area contributed by atoms with Crippen LogP contribution in [-0.2, 0) is 22.5 Å². The number of nitrogens with one attached hydrogen (secondary N) is 1. The summed E-state index contributed by atoms with van der Waals surface area (Å²) < 4.78 is 17.7. The van der Waals surface area contributed by atoms with Gasteiger partial charge in [0.1, 0.15) is 11.5 Å². The Hall–Kier alpha value is -4.53. The van der Waals surface area contributed by atoms with Crippen LogP contribution < -0.4 is 14.8 Å². The van der Waals surface area contributed by atoms with E-state index in [2.05, 4.69) is 15.3 Å². The van der Waals surface area contributed by atoms with Crippen LogP contribution in [0.5, 0.6) is 11.5 Å². The molecule has 0 bridgehead atoms. The lowest BCUT2D eigenvalue weighted by Crippen LogP contribution is -2.50. The molecular weight excluding hydrogens is 522 g/mol. The molecule has 0 unspecified atom stereocenters. The molecule has 10 nitrogen and oxygen atoms in total. The standard InChI is InChI=1S/C31H35N5O5/c1-3-16-33-30(38)31(20-24-8-4-5-9-25(24)21-34-36-32)28(23-10-6-11-27(19-23)39-2)41-29(35-31)22-12-14-26(15-13-22)40-18-7-17-37/h4-6,8-15,19,28,37H,3,7,16-18,20-21H2,1-2H3,(H,33,38)/t28-,31-/m1/s1. The van der Waals surface area contributed by atoms with E-state index in [9.17, 15) is 4.79 Å². The number of nitrogens with zero attached hydrogens (tertiary/aromatic N) is 4. The highest BCUT2D eigenvalue weighted by atomic mass is 16.5. The second-order valence-electron chi connectivity index (χ2n) is 9.66. The van der Waals surface area contributed by atoms with Gasteiger partial charge in [-0.15, -0.1) is 0 Å². The summed E-state index contributed by atoms with van der Waals surface area (Å²) in [7, 11) is 1.59. The lowest BCUT2D eigenvalue weighted by Gasteiger charge is -2.31. The summed E-state index contributed by atoms with van der Waals surface area (Å²) in [6.07, 6.45) is 0.746. The third-order valence-corrected chi connectivity index (χ3v) is 6.84. The molecule has 2 atom stereocenters. The highest BCUT2D eigenvalue weighted by molar-refractivity contribution is 6.01. The minimum Gasteiger partial charge on any atom is -0.497 e. The van der Waals surface area contributed by atoms with Crippen molar-refractivity contribution in [2.24, 2.45) is 10.1 Å². The molecule has 0 saturated carbocycles. The van der Waals surface area contributed by atoms with Crippen molar-refractivity contribution in [2.45, 2.75) is 44.4 Å². The number of aliphatic hydroxyl groups is 1. The van der Waals surface area contributed by atoms with Gasteiger partial charge in [0.25, 0.3) is 5.91 Å². The van der Waals surface area contributed by atoms with Crippen molar-refractivity contribution >= 4 is 11.8 Å². The third-order valence-electron chi connectivity index (χ3n) is 6.84. The SMILES string of the molecule is CCCNC(=O)[C@]1(Cc2ccccc2CN=[N+]=[N-])N=C(c2ccc(OCCCO)cc2)O[C@@H]1c1cccc(OC)c1. The van der Waals surface area contributed by atoms with E-state index in [1.165, 1.54) is 0 Å². The maximum atomic E-state index is 14.1. The lowest BCUT2D eigenvalue weighted by molar-refractivity contribution is -0.128. The fourth-order valence-corrected chi connectivity index (χ4v) is 4.76. The van der Waals surface area contributed by atoms with Crippen molar-refractivity contribution in [1.82, 2.24) is 5.32 Å². The third kappa shape index (κ3) is 6.98. The van der Waals surface area contributed by atoms with Crippen LogP contribution in [0.2, 0.25) is 0 Å². The number of hydrogen-bond donors (Lipinski definition) is 2. The Kier molecular flexibility index (Phi) is 10.2. The Balaban J connectivity index is 1.82. The normalized spacial score (nSPS) is 17.6. The first kappa shape index (κ1) is 29.5. The fourth-order valence-electron chi connectivity index (χ4n) is 4.76. The Morgan fingerprint density at radius 2 is 1.90 bits per heavy atom. The van der Waals surface area contributed by atoms with E-state index in [1.54, 1.807) is 7.11 Å². The number of azide groups is 1. The Morgan fingerprint density at radius 1 is 1.12 bits per heavy atom. The number of aliphatic imine (C=N–C) groups is 1. The van der Waals surface area contributed by atoms with Crippen molar-refractivity contribution in [3.05, 3.63) is 105 Å². The Bertz CT molecular complexity index is 1400. The molecule has 0 aliphatic carbocycles. The van der Waals surface area contributed by atoms with Crippen molar-refractivity contribution in [1.29, 1.82) is 0 Å². The molecular formula is C31H35N5O5. The van der Waals surface area contributed by atoms with Crippen molar-refractivity contribution in [3.8, 4) is 11.5 Å². The molecule has 0 aromatic heterocycles. The van der Waals surface area contributed by atoms with Gasteiger partial charge in [-0.25, -0.2) is 4.99 Å². The lowest BCUT2D eigenvalue weighted by atomic mass is 9.80. The average molecular weight is 558 g/mol. The van der Waals surface area contributed by atoms with Crippen LogP contribution in [0.15, 0.2) is 82.9 Å². The number of carbonyl (C=O) groups is 1. The van der Waals surface area contributed by atoms with Gasteiger partial charge in [0.2, 0.25) is 5.90 Å². The van der Waals surface area contributed by atoms with Gasteiger partial charge in [-0.05, 0) is 65.0 Å². The van der Waals surface area contributed by atoms with Crippen LogP contribution >= 0.6 is 0 Å². The van der Waals surface area contributed by atoms with Crippen molar-refractivity contribution < 1.29 is 24.1 Å². The second kappa shape index (κ2) is 14.2. The number of benzene rings is 3. The second-order valence-corrected chi connectivity index (χ2v) is 9.66. The summed E-state index contributed by atoms with van der Waals surface area (Å²) in [6.45, 7) is 3.09. The van der Waals surface area contributed by atoms with Gasteiger partial charge in [-0.1, -0.05) is 48.4 Å². The molecule has 3 aromatic rings. The van der Waals surface area contributed by atoms with E-state index >= 15 is 0 Å². The van der Waals surface area contributed by atoms with Crippen LogP contribution in [0.4, 0.5) is 0 Å². The highest BCUT2D eigenvalue weighted by Crippen LogP contribution is 2.43. The quantitative estimate of drug-likeness (QED) is 0.120. The Labute approximate surface area is 239 Å². The smallest absolute Gasteiger partial charge is 0.252 e. The van der Waals surface area contributed by atoms with E-state index in [0.29, 0.717) is 42.5 Å². The van der Waals surface area contributed by atoms with E-state index in [1.807, 2.05) is 79.7 Å². The predicted octanol–water partition coefficient (Wildman–Crippen LogP) is 5.29. The Morgan fingerprint density at radius 3 is 2.61 bits per heavy atom. The summed E-state index contributed by atoms with van der Waals surface area (Å²) in [5.74, 6) is 1.36. The molecule has 0 saturated heterocycles. The van der Waals surface area contributed by atoms with Crippen LogP contribution in [-0.4, -0.2) is 49.3 Å². The molecule has 1 heterocycles. The first-order valence-electron chi connectivity index (χ1n) is 13.6. The van der Waals surface area contributed by atoms with Crippen LogP contribution in [0, 0.1) is 0 Å². The van der Waals surface area contributed by atoms with Crippen LogP contribution in [0.3, 0.4) is 0 Å². The number of rotatable bonds is 14. The molecule has 41 heavy (non-hydrogen) atoms. The van der Waals surface area contributed by atoms with Gasteiger partial charge in [-0.2, -0.15) is 0 Å². The van der Waals surface area contributed by atoms with Gasteiger partial charge in [-0.3, -0.25) is 4.79 Å². The summed E-state index contributed by atoms with van der Waals surface area (Å²) in [5, 5.41) is 15.8. The minimum atomic E-state index is -1.36. The van der Waals surface area contributed by atoms with Gasteiger partial charge in [0.15, 0.2) is 11.6 Å². The van der Waals surface area contributed by atoms with Crippen molar-refractivity contribution in [3.63, 3.8) is 0 Å². The minimum absolute atomic E-state index is 0.0581. The molecule has 4 rings (SSSR count). The number of aliphatic hydroxyl groups excluding tert-OH is 1. The van der Waals surface area contributed by atoms with Crippen LogP contribution in [0.25, 0.3) is 10.4 Å². The summed E-state index contributed by atoms with van der Waals surface area (Å²) >= 11 is 0. The van der Waals surface area contributed by atoms with Crippen LogP contribution in [0.1, 0.15) is 48.1 Å². The monoisotopic (exact) mass is 557 g/mol. The van der Waals surface area contributed by atoms with Gasteiger partial charge >= 0.3 is 0 Å². The maximum Gasteiger partial charge on any atom is 0.252 e. The van der Waals surface area contributed by atoms with E-state index in [0.717, 1.165) is 23.1 Å². The first-order valence-corrected chi connectivity index (χ1v) is 13.6. The summed E-state index contributed by atoms with van der Waals surface area (Å²) in [5.41, 5.74) is 10.7. The topological polar surface area (TPSA) is 138 Å². The molecule has 2 N–H and O–H groups in total. The summed E-state index contributed by atoms with van der Waals surface area (Å²) in [4.78, 5) is 22.1. The maximum absolute atomic E-state index is 14.1. The predicted molar refractivity (Wildman–Crippen MR) is 156 cm³/mol. The molecule has 0 radical (unpaired) electrons. The van der Waals surface area contributed by atoms with E-state index < -0.39 is 11.6 Å². The number of ether oxygens (including phenoxy) is 3. The van der Waals surface area contributed by atoms with Gasteiger partial charge in [0.05, 0.1) is 20.3 Å². The number of carbonyl (C=O) groups excluding carboxylic acids is 1. The highest BCUT2D eigenvalue weighted by Gasteiger charge is 2.53. The summed E-state index contributed by atoms with van der Waals surface area (Å²) in [6, 6.07) is 22.3. The molecule has 1 aliphatic rings. The fraction of sp³-hybridized carbons (Fsp3) is 0.355. The molecule has 3 aromatic carbocycles. The first-order chi connectivity index (χ1) is 20.0. The zero-order valence-electron chi connectivity index (χ0n) is 23.3.